The van der Waals surface area contributed by atoms with Crippen LogP contribution in [0.25, 0.3) is 0 Å². The summed E-state index contributed by atoms with van der Waals surface area (Å²) in [5.41, 5.74) is 0. The van der Waals surface area contributed by atoms with Gasteiger partial charge in [0, 0.05) is 6.08 Å². The highest BCUT2D eigenvalue weighted by Gasteiger charge is 2.39. The number of rotatable bonds is 4. The van der Waals surface area contributed by atoms with Crippen LogP contribution < -0.4 is 0 Å². The van der Waals surface area contributed by atoms with Gasteiger partial charge in [0.05, 0.1) is 7.11 Å². The summed E-state index contributed by atoms with van der Waals surface area (Å²) >= 11 is 0. The molecule has 0 aromatic rings. The van der Waals surface area contributed by atoms with E-state index < -0.39 is 8.32 Å². The average molecular weight is 214 g/mol. The van der Waals surface area contributed by atoms with Crippen molar-refractivity contribution in [3.63, 3.8) is 0 Å². The molecule has 0 aromatic carbocycles. The number of hydrogen-bond acceptors (Lipinski definition) is 2. The standard InChI is InChI=1S/C11H22O2Si/c1-8-9-10(12-5)13-14(6,7)11(2,3)4/h8-9H,1H2,2-7H3/b10-9+. The van der Waals surface area contributed by atoms with E-state index in [0.29, 0.717) is 5.95 Å². The summed E-state index contributed by atoms with van der Waals surface area (Å²) < 4.78 is 11.0. The Kier molecular flexibility index (Phi) is 4.45. The molecule has 14 heavy (non-hydrogen) atoms. The van der Waals surface area contributed by atoms with Crippen molar-refractivity contribution in [1.82, 2.24) is 0 Å². The maximum atomic E-state index is 5.90. The summed E-state index contributed by atoms with van der Waals surface area (Å²) in [5, 5.41) is 0.186. The maximum Gasteiger partial charge on any atom is 0.264 e. The minimum Gasteiger partial charge on any atom is -0.519 e. The van der Waals surface area contributed by atoms with Crippen LogP contribution in [0, 0.1) is 0 Å². The molecule has 0 N–H and O–H groups in total. The molecule has 0 fully saturated rings. The van der Waals surface area contributed by atoms with E-state index in [2.05, 4.69) is 40.4 Å². The normalized spacial score (nSPS) is 13.7. The Hall–Kier alpha value is -0.703. The first-order chi connectivity index (χ1) is 6.24. The van der Waals surface area contributed by atoms with Crippen molar-refractivity contribution in [2.24, 2.45) is 0 Å². The summed E-state index contributed by atoms with van der Waals surface area (Å²) in [5.74, 6) is 0.562. The SMILES string of the molecule is C=C/C=C(\OC)O[Si](C)(C)C(C)(C)C. The molecule has 82 valence electrons. The molecule has 0 saturated carbocycles. The predicted molar refractivity (Wildman–Crippen MR) is 63.6 cm³/mol. The highest BCUT2D eigenvalue weighted by atomic mass is 28.4. The first-order valence-electron chi connectivity index (χ1n) is 4.80. The molecule has 0 aliphatic carbocycles. The van der Waals surface area contributed by atoms with Crippen LogP contribution in [-0.2, 0) is 9.16 Å². The number of methoxy groups -OCH3 is 1. The Balaban J connectivity index is 4.64. The molecule has 0 rings (SSSR count). The largest absolute Gasteiger partial charge is 0.519 e. The lowest BCUT2D eigenvalue weighted by Gasteiger charge is -2.36. The highest BCUT2D eigenvalue weighted by molar-refractivity contribution is 6.74. The summed E-state index contributed by atoms with van der Waals surface area (Å²) in [7, 11) is -0.154. The Morgan fingerprint density at radius 2 is 1.79 bits per heavy atom. The third kappa shape index (κ3) is 3.58. The van der Waals surface area contributed by atoms with Gasteiger partial charge in [-0.2, -0.15) is 0 Å². The van der Waals surface area contributed by atoms with Gasteiger partial charge in [-0.1, -0.05) is 33.4 Å². The van der Waals surface area contributed by atoms with Crippen LogP contribution in [0.4, 0.5) is 0 Å². The fraction of sp³-hybridized carbons (Fsp3) is 0.636. The van der Waals surface area contributed by atoms with Crippen LogP contribution in [0.2, 0.25) is 18.1 Å². The second-order valence-corrected chi connectivity index (χ2v) is 9.51. The highest BCUT2D eigenvalue weighted by Crippen LogP contribution is 2.37. The van der Waals surface area contributed by atoms with Crippen molar-refractivity contribution in [3.05, 3.63) is 24.7 Å². The van der Waals surface area contributed by atoms with Gasteiger partial charge in [-0.15, -0.1) is 0 Å². The van der Waals surface area contributed by atoms with Crippen molar-refractivity contribution >= 4 is 8.32 Å². The van der Waals surface area contributed by atoms with E-state index in [1.807, 2.05) is 0 Å². The lowest BCUT2D eigenvalue weighted by atomic mass is 10.2. The fourth-order valence-electron chi connectivity index (χ4n) is 0.645. The van der Waals surface area contributed by atoms with E-state index in [4.69, 9.17) is 9.16 Å². The Morgan fingerprint density at radius 1 is 1.29 bits per heavy atom. The first-order valence-corrected chi connectivity index (χ1v) is 7.71. The van der Waals surface area contributed by atoms with Crippen molar-refractivity contribution in [3.8, 4) is 0 Å². The zero-order valence-corrected chi connectivity index (χ0v) is 11.2. The van der Waals surface area contributed by atoms with Gasteiger partial charge in [0.1, 0.15) is 0 Å². The smallest absolute Gasteiger partial charge is 0.264 e. The molecule has 0 aliphatic rings. The van der Waals surface area contributed by atoms with Crippen LogP contribution in [0.3, 0.4) is 0 Å². The second kappa shape index (κ2) is 4.69. The van der Waals surface area contributed by atoms with Crippen LogP contribution in [0.5, 0.6) is 0 Å². The molecule has 0 heterocycles. The molecule has 0 aromatic heterocycles. The number of ether oxygens (including phenoxy) is 1. The molecule has 3 heteroatoms. The van der Waals surface area contributed by atoms with E-state index in [1.165, 1.54) is 0 Å². The Labute approximate surface area is 88.7 Å². The minimum absolute atomic E-state index is 0.186. The van der Waals surface area contributed by atoms with Gasteiger partial charge in [-0.05, 0) is 18.1 Å². The zero-order chi connectivity index (χ0) is 11.4. The summed E-state index contributed by atoms with van der Waals surface area (Å²) in [6.45, 7) is 14.6. The molecule has 0 aliphatic heterocycles. The van der Waals surface area contributed by atoms with Gasteiger partial charge < -0.3 is 9.16 Å². The molecule has 2 nitrogen and oxygen atoms in total. The number of allylic oxidation sites excluding steroid dienone is 2. The van der Waals surface area contributed by atoms with Crippen LogP contribution in [-0.4, -0.2) is 15.4 Å². The summed E-state index contributed by atoms with van der Waals surface area (Å²) in [6.07, 6.45) is 3.42. The zero-order valence-electron chi connectivity index (χ0n) is 10.2. The molecule has 0 unspecified atom stereocenters. The van der Waals surface area contributed by atoms with Crippen molar-refractivity contribution in [1.29, 1.82) is 0 Å². The number of hydrogen-bond donors (Lipinski definition) is 0. The lowest BCUT2D eigenvalue weighted by molar-refractivity contribution is 0.141. The van der Waals surface area contributed by atoms with E-state index in [9.17, 15) is 0 Å². The molecule has 0 bridgehead atoms. The van der Waals surface area contributed by atoms with Crippen molar-refractivity contribution in [2.45, 2.75) is 38.9 Å². The topological polar surface area (TPSA) is 18.5 Å². The minimum atomic E-state index is -1.77. The quantitative estimate of drug-likeness (QED) is 0.404. The third-order valence-corrected chi connectivity index (χ3v) is 6.94. The van der Waals surface area contributed by atoms with E-state index >= 15 is 0 Å². The van der Waals surface area contributed by atoms with Gasteiger partial charge in [0.2, 0.25) is 0 Å². The molecule has 0 atom stereocenters. The van der Waals surface area contributed by atoms with E-state index in [1.54, 1.807) is 19.3 Å². The monoisotopic (exact) mass is 214 g/mol. The molecule has 0 spiro atoms. The molecule has 0 saturated heterocycles. The second-order valence-electron chi connectivity index (χ2n) is 4.79. The van der Waals surface area contributed by atoms with Crippen LogP contribution in [0.1, 0.15) is 20.8 Å². The van der Waals surface area contributed by atoms with Gasteiger partial charge in [-0.25, -0.2) is 0 Å². The maximum absolute atomic E-state index is 5.90. The molecule has 0 radical (unpaired) electrons. The van der Waals surface area contributed by atoms with Crippen molar-refractivity contribution < 1.29 is 9.16 Å². The Morgan fingerprint density at radius 3 is 2.07 bits per heavy atom. The lowest BCUT2D eigenvalue weighted by Crippen LogP contribution is -2.40. The summed E-state index contributed by atoms with van der Waals surface area (Å²) in [6, 6.07) is 0. The fourth-order valence-corrected chi connectivity index (χ4v) is 1.61. The van der Waals surface area contributed by atoms with E-state index in [0.717, 1.165) is 0 Å². The predicted octanol–water partition coefficient (Wildman–Crippen LogP) is 3.68. The molecular weight excluding hydrogens is 192 g/mol. The van der Waals surface area contributed by atoms with Gasteiger partial charge >= 0.3 is 0 Å². The average Bonchev–Trinajstić information content (AvgIpc) is 2.01. The van der Waals surface area contributed by atoms with Crippen LogP contribution in [0.15, 0.2) is 24.7 Å². The van der Waals surface area contributed by atoms with Gasteiger partial charge in [-0.3, -0.25) is 0 Å². The summed E-state index contributed by atoms with van der Waals surface area (Å²) in [4.78, 5) is 0. The van der Waals surface area contributed by atoms with Gasteiger partial charge in [0.15, 0.2) is 0 Å². The van der Waals surface area contributed by atoms with Crippen molar-refractivity contribution in [2.75, 3.05) is 7.11 Å². The van der Waals surface area contributed by atoms with Gasteiger partial charge in [0.25, 0.3) is 14.3 Å². The molecular formula is C11H22O2Si. The molecule has 0 amide bonds. The van der Waals surface area contributed by atoms with Crippen LogP contribution >= 0.6 is 0 Å². The first kappa shape index (κ1) is 13.3. The Bertz CT molecular complexity index is 224. The van der Waals surface area contributed by atoms with E-state index in [-0.39, 0.29) is 5.04 Å². The third-order valence-electron chi connectivity index (χ3n) is 2.62.